The molecule has 0 radical (unpaired) electrons. The predicted molar refractivity (Wildman–Crippen MR) is 104 cm³/mol. The SMILES string of the molecule is CCOc1cccc(CNC(=NC)NCc2ccccc2OC)c1OC(F)F. The molecule has 0 spiro atoms. The molecule has 2 aromatic carbocycles. The molecule has 2 rings (SSSR count). The molecule has 2 N–H and O–H groups in total. The van der Waals surface area contributed by atoms with Crippen LogP contribution in [0.2, 0.25) is 0 Å². The predicted octanol–water partition coefficient (Wildman–Crippen LogP) is 3.56. The van der Waals surface area contributed by atoms with Gasteiger partial charge in [-0.1, -0.05) is 30.3 Å². The maximum atomic E-state index is 12.8. The summed E-state index contributed by atoms with van der Waals surface area (Å²) in [4.78, 5) is 4.16. The number of alkyl halides is 2. The van der Waals surface area contributed by atoms with E-state index in [1.165, 1.54) is 0 Å². The molecule has 2 aromatic rings. The molecule has 0 saturated heterocycles. The van der Waals surface area contributed by atoms with Crippen molar-refractivity contribution in [3.8, 4) is 17.2 Å². The first-order valence-electron chi connectivity index (χ1n) is 8.84. The summed E-state index contributed by atoms with van der Waals surface area (Å²) in [6.07, 6.45) is 0. The van der Waals surface area contributed by atoms with E-state index in [0.717, 1.165) is 11.3 Å². The lowest BCUT2D eigenvalue weighted by Crippen LogP contribution is -2.36. The molecule has 8 heteroatoms. The van der Waals surface area contributed by atoms with Gasteiger partial charge < -0.3 is 24.8 Å². The van der Waals surface area contributed by atoms with Gasteiger partial charge in [-0.2, -0.15) is 8.78 Å². The van der Waals surface area contributed by atoms with Crippen LogP contribution in [0.15, 0.2) is 47.5 Å². The van der Waals surface area contributed by atoms with Gasteiger partial charge >= 0.3 is 6.61 Å². The molecule has 0 aliphatic rings. The fourth-order valence-corrected chi connectivity index (χ4v) is 2.62. The fraction of sp³-hybridized carbons (Fsp3) is 0.350. The zero-order valence-corrected chi connectivity index (χ0v) is 16.2. The number of halogens is 2. The van der Waals surface area contributed by atoms with Crippen molar-refractivity contribution in [2.45, 2.75) is 26.6 Å². The highest BCUT2D eigenvalue weighted by Crippen LogP contribution is 2.32. The second kappa shape index (κ2) is 11.0. The summed E-state index contributed by atoms with van der Waals surface area (Å²) in [6.45, 7) is -0.0972. The number of methoxy groups -OCH3 is 1. The maximum Gasteiger partial charge on any atom is 0.387 e. The van der Waals surface area contributed by atoms with Gasteiger partial charge in [-0.05, 0) is 19.1 Å². The molecule has 0 aliphatic heterocycles. The zero-order chi connectivity index (χ0) is 20.4. The van der Waals surface area contributed by atoms with Crippen molar-refractivity contribution in [1.82, 2.24) is 10.6 Å². The van der Waals surface area contributed by atoms with Gasteiger partial charge in [0, 0.05) is 31.3 Å². The molecule has 28 heavy (non-hydrogen) atoms. The minimum absolute atomic E-state index is 0.0204. The highest BCUT2D eigenvalue weighted by molar-refractivity contribution is 5.79. The third-order valence-corrected chi connectivity index (χ3v) is 3.88. The molecule has 0 fully saturated rings. The number of nitrogens with one attached hydrogen (secondary N) is 2. The summed E-state index contributed by atoms with van der Waals surface area (Å²) in [5.74, 6) is 1.57. The van der Waals surface area contributed by atoms with Gasteiger partial charge in [-0.15, -0.1) is 0 Å². The van der Waals surface area contributed by atoms with Crippen LogP contribution in [-0.2, 0) is 13.1 Å². The normalized spacial score (nSPS) is 11.3. The van der Waals surface area contributed by atoms with Gasteiger partial charge in [0.05, 0.1) is 13.7 Å². The number of nitrogens with zero attached hydrogens (tertiary/aromatic N) is 1. The van der Waals surface area contributed by atoms with E-state index in [1.807, 2.05) is 24.3 Å². The van der Waals surface area contributed by atoms with Gasteiger partial charge in [0.25, 0.3) is 0 Å². The van der Waals surface area contributed by atoms with Crippen LogP contribution >= 0.6 is 0 Å². The van der Waals surface area contributed by atoms with Crippen LogP contribution in [0.4, 0.5) is 8.78 Å². The second-order valence-corrected chi connectivity index (χ2v) is 5.65. The average molecular weight is 393 g/mol. The molecular weight excluding hydrogens is 368 g/mol. The number of aliphatic imine (C=N–C) groups is 1. The monoisotopic (exact) mass is 393 g/mol. The molecule has 0 aromatic heterocycles. The molecule has 0 unspecified atom stereocenters. The topological polar surface area (TPSA) is 64.1 Å². The van der Waals surface area contributed by atoms with Crippen molar-refractivity contribution in [3.63, 3.8) is 0 Å². The molecule has 0 bridgehead atoms. The Morgan fingerprint density at radius 2 is 1.64 bits per heavy atom. The van der Waals surface area contributed by atoms with Crippen molar-refractivity contribution >= 4 is 5.96 Å². The van der Waals surface area contributed by atoms with E-state index in [4.69, 9.17) is 9.47 Å². The number of rotatable bonds is 9. The Labute approximate surface area is 163 Å². The van der Waals surface area contributed by atoms with Crippen LogP contribution in [0.3, 0.4) is 0 Å². The summed E-state index contributed by atoms with van der Waals surface area (Å²) < 4.78 is 41.0. The van der Waals surface area contributed by atoms with Gasteiger partial charge in [0.15, 0.2) is 17.5 Å². The number of guanidine groups is 1. The smallest absolute Gasteiger partial charge is 0.387 e. The van der Waals surface area contributed by atoms with Crippen LogP contribution in [0.25, 0.3) is 0 Å². The van der Waals surface area contributed by atoms with Crippen LogP contribution < -0.4 is 24.8 Å². The number of para-hydroxylation sites is 2. The molecule has 0 heterocycles. The van der Waals surface area contributed by atoms with Crippen molar-refractivity contribution in [3.05, 3.63) is 53.6 Å². The van der Waals surface area contributed by atoms with Gasteiger partial charge in [0.2, 0.25) is 0 Å². The lowest BCUT2D eigenvalue weighted by Gasteiger charge is -2.17. The van der Waals surface area contributed by atoms with E-state index < -0.39 is 6.61 Å². The maximum absolute atomic E-state index is 12.8. The first kappa shape index (κ1) is 21.3. The van der Waals surface area contributed by atoms with E-state index in [1.54, 1.807) is 39.3 Å². The lowest BCUT2D eigenvalue weighted by molar-refractivity contribution is -0.0520. The second-order valence-electron chi connectivity index (χ2n) is 5.65. The molecule has 0 atom stereocenters. The Morgan fingerprint density at radius 3 is 2.29 bits per heavy atom. The summed E-state index contributed by atoms with van der Waals surface area (Å²) in [5.41, 5.74) is 1.50. The molecule has 0 amide bonds. The van der Waals surface area contributed by atoms with E-state index in [0.29, 0.717) is 24.7 Å². The molecular formula is C20H25F2N3O3. The molecule has 0 saturated carbocycles. The number of hydrogen-bond donors (Lipinski definition) is 2. The summed E-state index contributed by atoms with van der Waals surface area (Å²) in [6, 6.07) is 12.7. The fourth-order valence-electron chi connectivity index (χ4n) is 2.62. The van der Waals surface area contributed by atoms with Crippen molar-refractivity contribution in [2.24, 2.45) is 4.99 Å². The van der Waals surface area contributed by atoms with Crippen molar-refractivity contribution in [1.29, 1.82) is 0 Å². The third kappa shape index (κ3) is 6.00. The first-order chi connectivity index (χ1) is 13.6. The summed E-state index contributed by atoms with van der Waals surface area (Å²) in [5, 5.41) is 6.26. The van der Waals surface area contributed by atoms with Crippen LogP contribution in [0, 0.1) is 0 Å². The quantitative estimate of drug-likeness (QED) is 0.504. The largest absolute Gasteiger partial charge is 0.496 e. The Kier molecular flexibility index (Phi) is 8.33. The average Bonchev–Trinajstić information content (AvgIpc) is 2.70. The van der Waals surface area contributed by atoms with Crippen LogP contribution in [0.1, 0.15) is 18.1 Å². The minimum atomic E-state index is -2.94. The first-order valence-corrected chi connectivity index (χ1v) is 8.84. The molecule has 0 aliphatic carbocycles. The van der Waals surface area contributed by atoms with E-state index in [-0.39, 0.29) is 18.0 Å². The van der Waals surface area contributed by atoms with Crippen LogP contribution in [-0.4, -0.2) is 33.3 Å². The Balaban J connectivity index is 2.05. The van der Waals surface area contributed by atoms with Crippen LogP contribution in [0.5, 0.6) is 17.2 Å². The number of ether oxygens (including phenoxy) is 3. The van der Waals surface area contributed by atoms with Gasteiger partial charge in [0.1, 0.15) is 5.75 Å². The van der Waals surface area contributed by atoms with Gasteiger partial charge in [-0.25, -0.2) is 0 Å². The van der Waals surface area contributed by atoms with E-state index >= 15 is 0 Å². The number of hydrogen-bond acceptors (Lipinski definition) is 4. The van der Waals surface area contributed by atoms with E-state index in [9.17, 15) is 8.78 Å². The van der Waals surface area contributed by atoms with Crippen molar-refractivity contribution < 1.29 is 23.0 Å². The summed E-state index contributed by atoms with van der Waals surface area (Å²) in [7, 11) is 3.24. The molecule has 6 nitrogen and oxygen atoms in total. The lowest BCUT2D eigenvalue weighted by atomic mass is 10.2. The standard InChI is InChI=1S/C20H25F2N3O3/c1-4-27-17-11-7-9-15(18(17)28-19(21)22)13-25-20(23-2)24-12-14-8-5-6-10-16(14)26-3/h5-11,19H,4,12-13H2,1-3H3,(H2,23,24,25). The van der Waals surface area contributed by atoms with Crippen molar-refractivity contribution in [2.75, 3.05) is 20.8 Å². The summed E-state index contributed by atoms with van der Waals surface area (Å²) >= 11 is 0. The minimum Gasteiger partial charge on any atom is -0.496 e. The Hall–Kier alpha value is -3.03. The third-order valence-electron chi connectivity index (χ3n) is 3.88. The highest BCUT2D eigenvalue weighted by atomic mass is 19.3. The molecule has 152 valence electrons. The van der Waals surface area contributed by atoms with Gasteiger partial charge in [-0.3, -0.25) is 4.99 Å². The number of benzene rings is 2. The van der Waals surface area contributed by atoms with E-state index in [2.05, 4.69) is 20.4 Å². The zero-order valence-electron chi connectivity index (χ0n) is 16.2. The Morgan fingerprint density at radius 1 is 1.00 bits per heavy atom. The Bertz CT molecular complexity index is 785. The highest BCUT2D eigenvalue weighted by Gasteiger charge is 2.16.